The number of methoxy groups -OCH3 is 1. The van der Waals surface area contributed by atoms with Crippen molar-refractivity contribution in [3.05, 3.63) is 55.8 Å². The minimum atomic E-state index is -0.0194. The van der Waals surface area contributed by atoms with E-state index in [1.807, 2.05) is 53.8 Å². The number of hydrogen-bond acceptors (Lipinski definition) is 3. The summed E-state index contributed by atoms with van der Waals surface area (Å²) in [5.41, 5.74) is 0.947. The summed E-state index contributed by atoms with van der Waals surface area (Å²) in [7, 11) is 1.63. The lowest BCUT2D eigenvalue weighted by Gasteiger charge is -2.12. The lowest BCUT2D eigenvalue weighted by Crippen LogP contribution is -2.26. The van der Waals surface area contributed by atoms with Crippen molar-refractivity contribution in [2.45, 2.75) is 13.5 Å². The zero-order valence-corrected chi connectivity index (χ0v) is 12.3. The van der Waals surface area contributed by atoms with E-state index in [2.05, 4.69) is 4.98 Å². The predicted molar refractivity (Wildman–Crippen MR) is 78.0 cm³/mol. The van der Waals surface area contributed by atoms with Crippen LogP contribution < -0.4 is 10.3 Å². The van der Waals surface area contributed by atoms with Crippen LogP contribution in [0.3, 0.4) is 0 Å². The molecule has 0 radical (unpaired) electrons. The first-order chi connectivity index (χ1) is 8.63. The van der Waals surface area contributed by atoms with Gasteiger partial charge in [0, 0.05) is 11.8 Å². The molecule has 0 aliphatic rings. The Morgan fingerprint density at radius 3 is 2.83 bits per heavy atom. The number of rotatable bonds is 3. The molecule has 94 valence electrons. The topological polar surface area (TPSA) is 44.1 Å². The van der Waals surface area contributed by atoms with Crippen molar-refractivity contribution in [2.24, 2.45) is 0 Å². The summed E-state index contributed by atoms with van der Waals surface area (Å²) < 4.78 is 7.56. The highest BCUT2D eigenvalue weighted by Crippen LogP contribution is 2.18. The van der Waals surface area contributed by atoms with Gasteiger partial charge in [-0.15, -0.1) is 0 Å². The lowest BCUT2D eigenvalue weighted by atomic mass is 10.2. The zero-order valence-electron chi connectivity index (χ0n) is 10.2. The van der Waals surface area contributed by atoms with E-state index in [-0.39, 0.29) is 5.56 Å². The van der Waals surface area contributed by atoms with Crippen molar-refractivity contribution in [3.8, 4) is 5.75 Å². The summed E-state index contributed by atoms with van der Waals surface area (Å²) >= 11 is 2.00. The van der Waals surface area contributed by atoms with E-state index in [9.17, 15) is 4.79 Å². The van der Waals surface area contributed by atoms with Crippen LogP contribution in [0.25, 0.3) is 0 Å². The monoisotopic (exact) mass is 356 g/mol. The summed E-state index contributed by atoms with van der Waals surface area (Å²) in [4.78, 5) is 16.3. The van der Waals surface area contributed by atoms with Crippen LogP contribution in [0.5, 0.6) is 5.75 Å². The fourth-order valence-electron chi connectivity index (χ4n) is 1.74. The van der Waals surface area contributed by atoms with E-state index in [0.29, 0.717) is 15.9 Å². The van der Waals surface area contributed by atoms with E-state index in [1.54, 1.807) is 17.9 Å². The fourth-order valence-corrected chi connectivity index (χ4v) is 2.17. The Morgan fingerprint density at radius 2 is 2.11 bits per heavy atom. The van der Waals surface area contributed by atoms with Gasteiger partial charge < -0.3 is 4.74 Å². The lowest BCUT2D eigenvalue weighted by molar-refractivity contribution is 0.407. The highest BCUT2D eigenvalue weighted by atomic mass is 127. The van der Waals surface area contributed by atoms with Gasteiger partial charge in [0.15, 0.2) is 0 Å². The number of aromatic nitrogens is 2. The molecule has 2 aromatic rings. The Balaban J connectivity index is 2.46. The molecular weight excluding hydrogens is 343 g/mol. The van der Waals surface area contributed by atoms with Crippen molar-refractivity contribution in [3.63, 3.8) is 0 Å². The Morgan fingerprint density at radius 1 is 1.39 bits per heavy atom. The molecule has 2 rings (SSSR count). The first-order valence-electron chi connectivity index (χ1n) is 5.47. The van der Waals surface area contributed by atoms with Gasteiger partial charge in [-0.25, -0.2) is 4.98 Å². The number of nitrogens with zero attached hydrogens (tertiary/aromatic N) is 2. The normalized spacial score (nSPS) is 10.4. The minimum Gasteiger partial charge on any atom is -0.496 e. The van der Waals surface area contributed by atoms with E-state index in [1.165, 1.54) is 0 Å². The van der Waals surface area contributed by atoms with Gasteiger partial charge >= 0.3 is 0 Å². The van der Waals surface area contributed by atoms with Crippen molar-refractivity contribution < 1.29 is 4.74 Å². The van der Waals surface area contributed by atoms with Crippen LogP contribution in [0.2, 0.25) is 0 Å². The van der Waals surface area contributed by atoms with Gasteiger partial charge in [0.1, 0.15) is 11.6 Å². The molecule has 5 heteroatoms. The minimum absolute atomic E-state index is 0.0194. The zero-order chi connectivity index (χ0) is 13.1. The molecule has 1 aromatic heterocycles. The van der Waals surface area contributed by atoms with E-state index < -0.39 is 0 Å². The third-order valence-corrected chi connectivity index (χ3v) is 3.47. The summed E-state index contributed by atoms with van der Waals surface area (Å²) in [6.45, 7) is 2.30. The number of para-hydroxylation sites is 1. The van der Waals surface area contributed by atoms with Crippen LogP contribution in [0.15, 0.2) is 35.3 Å². The van der Waals surface area contributed by atoms with Gasteiger partial charge in [-0.3, -0.25) is 9.36 Å². The van der Waals surface area contributed by atoms with Gasteiger partial charge in [-0.1, -0.05) is 18.2 Å². The molecule has 0 N–H and O–H groups in total. The average Bonchev–Trinajstić information content (AvgIpc) is 2.39. The second kappa shape index (κ2) is 5.51. The smallest absolute Gasteiger partial charge is 0.267 e. The second-order valence-electron chi connectivity index (χ2n) is 3.86. The molecule has 18 heavy (non-hydrogen) atoms. The number of halogens is 1. The summed E-state index contributed by atoms with van der Waals surface area (Å²) in [6.07, 6.45) is 1.59. The molecule has 0 aliphatic heterocycles. The van der Waals surface area contributed by atoms with E-state index >= 15 is 0 Å². The van der Waals surface area contributed by atoms with Crippen molar-refractivity contribution >= 4 is 22.6 Å². The van der Waals surface area contributed by atoms with Gasteiger partial charge in [0.25, 0.3) is 5.56 Å². The molecule has 4 nitrogen and oxygen atoms in total. The van der Waals surface area contributed by atoms with Crippen LogP contribution >= 0.6 is 22.6 Å². The van der Waals surface area contributed by atoms with E-state index in [0.717, 1.165) is 11.3 Å². The maximum absolute atomic E-state index is 12.1. The molecular formula is C13H13IN2O2. The molecule has 1 aromatic carbocycles. The molecule has 0 saturated heterocycles. The SMILES string of the molecule is COc1ccccc1Cn1c(C)ncc(I)c1=O. The quantitative estimate of drug-likeness (QED) is 0.793. The summed E-state index contributed by atoms with van der Waals surface area (Å²) in [5.74, 6) is 1.48. The number of ether oxygens (including phenoxy) is 1. The van der Waals surface area contributed by atoms with Crippen molar-refractivity contribution in [1.82, 2.24) is 9.55 Å². The van der Waals surface area contributed by atoms with Crippen LogP contribution in [-0.4, -0.2) is 16.7 Å². The molecule has 0 saturated carbocycles. The van der Waals surface area contributed by atoms with Gasteiger partial charge in [-0.05, 0) is 35.6 Å². The van der Waals surface area contributed by atoms with Crippen molar-refractivity contribution in [1.29, 1.82) is 0 Å². The second-order valence-corrected chi connectivity index (χ2v) is 5.02. The Hall–Kier alpha value is -1.37. The van der Waals surface area contributed by atoms with Crippen LogP contribution in [0.4, 0.5) is 0 Å². The number of hydrogen-bond donors (Lipinski definition) is 0. The van der Waals surface area contributed by atoms with Gasteiger partial charge in [0.05, 0.1) is 17.2 Å². The van der Waals surface area contributed by atoms with Gasteiger partial charge in [0.2, 0.25) is 0 Å². The first kappa shape index (κ1) is 13.1. The van der Waals surface area contributed by atoms with Crippen LogP contribution in [0.1, 0.15) is 11.4 Å². The summed E-state index contributed by atoms with van der Waals surface area (Å²) in [5, 5.41) is 0. The van der Waals surface area contributed by atoms with Gasteiger partial charge in [-0.2, -0.15) is 0 Å². The predicted octanol–water partition coefficient (Wildman–Crippen LogP) is 2.21. The van der Waals surface area contributed by atoms with E-state index in [4.69, 9.17) is 4.74 Å². The molecule has 0 amide bonds. The number of benzene rings is 1. The molecule has 0 aliphatic carbocycles. The molecule has 0 spiro atoms. The van der Waals surface area contributed by atoms with Crippen molar-refractivity contribution in [2.75, 3.05) is 7.11 Å². The molecule has 0 fully saturated rings. The third-order valence-electron chi connectivity index (χ3n) is 2.73. The standard InChI is InChI=1S/C13H13IN2O2/c1-9-15-7-11(14)13(17)16(9)8-10-5-3-4-6-12(10)18-2/h3-7H,8H2,1-2H3. The van der Waals surface area contributed by atoms with Crippen LogP contribution in [-0.2, 0) is 6.54 Å². The maximum Gasteiger partial charge on any atom is 0.267 e. The molecule has 0 unspecified atom stereocenters. The van der Waals surface area contributed by atoms with Crippen LogP contribution in [0, 0.1) is 10.5 Å². The highest BCUT2D eigenvalue weighted by molar-refractivity contribution is 14.1. The fraction of sp³-hybridized carbons (Fsp3) is 0.231. The largest absolute Gasteiger partial charge is 0.496 e. The molecule has 1 heterocycles. The third kappa shape index (κ3) is 2.55. The Bertz CT molecular complexity index is 623. The first-order valence-corrected chi connectivity index (χ1v) is 6.55. The molecule has 0 atom stereocenters. The Kier molecular flexibility index (Phi) is 4.00. The Labute approximate surface area is 119 Å². The molecule has 0 bridgehead atoms. The highest BCUT2D eigenvalue weighted by Gasteiger charge is 2.08. The average molecular weight is 356 g/mol. The number of aryl methyl sites for hydroxylation is 1. The summed E-state index contributed by atoms with van der Waals surface area (Å²) in [6, 6.07) is 7.67. The maximum atomic E-state index is 12.1.